The SMILES string of the molecule is CC(=O)OC1(C(=O)CO)C(C)CC2C3CC(F)C4=CC(=O)C=CC4(C)C3(F)C(O)CC21C. The number of rotatable bonds is 3. The highest BCUT2D eigenvalue weighted by Gasteiger charge is 2.77. The molecule has 9 unspecified atom stereocenters. The van der Waals surface area contributed by atoms with Crippen LogP contribution in [0.4, 0.5) is 8.78 Å². The van der Waals surface area contributed by atoms with E-state index in [1.165, 1.54) is 19.1 Å². The Hall–Kier alpha value is -1.93. The van der Waals surface area contributed by atoms with Crippen molar-refractivity contribution in [2.24, 2.45) is 28.6 Å². The molecule has 4 aliphatic carbocycles. The summed E-state index contributed by atoms with van der Waals surface area (Å²) < 4.78 is 38.1. The second-order valence-corrected chi connectivity index (χ2v) is 10.4. The first-order chi connectivity index (χ1) is 14.8. The number of carbonyl (C=O) groups is 3. The van der Waals surface area contributed by atoms with Gasteiger partial charge in [0, 0.05) is 29.6 Å². The summed E-state index contributed by atoms with van der Waals surface area (Å²) in [5.41, 5.74) is -6.74. The number of fused-ring (bicyclic) bond motifs is 5. The molecule has 3 saturated carbocycles. The van der Waals surface area contributed by atoms with E-state index in [2.05, 4.69) is 0 Å². The minimum atomic E-state index is -2.28. The quantitative estimate of drug-likeness (QED) is 0.638. The van der Waals surface area contributed by atoms with E-state index in [-0.39, 0.29) is 24.8 Å². The predicted molar refractivity (Wildman–Crippen MR) is 110 cm³/mol. The molecule has 0 radical (unpaired) electrons. The van der Waals surface area contributed by atoms with Gasteiger partial charge in [0.2, 0.25) is 5.78 Å². The van der Waals surface area contributed by atoms with Crippen molar-refractivity contribution in [3.63, 3.8) is 0 Å². The Labute approximate surface area is 185 Å². The molecule has 6 nitrogen and oxygen atoms in total. The largest absolute Gasteiger partial charge is 0.450 e. The lowest BCUT2D eigenvalue weighted by Crippen LogP contribution is -2.71. The number of ether oxygens (including phenoxy) is 1. The van der Waals surface area contributed by atoms with Gasteiger partial charge in [-0.05, 0) is 49.8 Å². The maximum Gasteiger partial charge on any atom is 0.303 e. The van der Waals surface area contributed by atoms with E-state index in [9.17, 15) is 24.6 Å². The third-order valence-electron chi connectivity index (χ3n) is 9.03. The maximum absolute atomic E-state index is 17.1. The normalized spacial score (nSPS) is 49.6. The van der Waals surface area contributed by atoms with E-state index < -0.39 is 76.3 Å². The molecule has 0 aromatic heterocycles. The van der Waals surface area contributed by atoms with Crippen molar-refractivity contribution in [2.45, 2.75) is 70.5 Å². The average Bonchev–Trinajstić information content (AvgIpc) is 2.92. The Kier molecular flexibility index (Phi) is 5.11. The Morgan fingerprint density at radius 1 is 1.25 bits per heavy atom. The van der Waals surface area contributed by atoms with Crippen LogP contribution in [0.25, 0.3) is 0 Å². The fourth-order valence-electron chi connectivity index (χ4n) is 7.74. The molecule has 176 valence electrons. The van der Waals surface area contributed by atoms with Gasteiger partial charge in [-0.1, -0.05) is 19.9 Å². The zero-order valence-electron chi connectivity index (χ0n) is 18.7. The number of ketones is 2. The highest BCUT2D eigenvalue weighted by atomic mass is 19.1. The molecule has 9 atom stereocenters. The van der Waals surface area contributed by atoms with Crippen molar-refractivity contribution in [1.29, 1.82) is 0 Å². The van der Waals surface area contributed by atoms with Crippen molar-refractivity contribution in [2.75, 3.05) is 6.61 Å². The lowest BCUT2D eigenvalue weighted by Gasteiger charge is -2.63. The molecule has 0 aromatic carbocycles. The molecule has 3 fully saturated rings. The third-order valence-corrected chi connectivity index (χ3v) is 9.03. The molecule has 2 N–H and O–H groups in total. The van der Waals surface area contributed by atoms with Gasteiger partial charge < -0.3 is 14.9 Å². The molecule has 8 heteroatoms. The minimum absolute atomic E-state index is 0.0233. The summed E-state index contributed by atoms with van der Waals surface area (Å²) in [7, 11) is 0. The summed E-state index contributed by atoms with van der Waals surface area (Å²) in [4.78, 5) is 37.0. The summed E-state index contributed by atoms with van der Waals surface area (Å²) in [6.45, 7) is 5.16. The summed E-state index contributed by atoms with van der Waals surface area (Å²) >= 11 is 0. The predicted octanol–water partition coefficient (Wildman–Crippen LogP) is 2.41. The number of aliphatic hydroxyl groups is 2. The number of hydrogen-bond donors (Lipinski definition) is 2. The number of carbonyl (C=O) groups excluding carboxylic acids is 3. The first-order valence-corrected chi connectivity index (χ1v) is 11.1. The summed E-state index contributed by atoms with van der Waals surface area (Å²) in [5.74, 6) is -3.99. The standard InChI is InChI=1S/C24H30F2O6/c1-12-7-15-16-9-18(25)17-8-14(29)5-6-21(17,3)23(16,26)19(30)10-22(15,4)24(12,20(31)11-27)32-13(2)28/h5-6,8,12,15-16,18-19,27,30H,7,9-11H2,1-4H3. The van der Waals surface area contributed by atoms with Gasteiger partial charge in [0.05, 0.1) is 6.10 Å². The molecule has 0 aromatic rings. The van der Waals surface area contributed by atoms with Crippen molar-refractivity contribution < 1.29 is 38.1 Å². The highest BCUT2D eigenvalue weighted by Crippen LogP contribution is 2.71. The van der Waals surface area contributed by atoms with Crippen LogP contribution in [0, 0.1) is 28.6 Å². The van der Waals surface area contributed by atoms with E-state index in [1.54, 1.807) is 13.8 Å². The zero-order valence-corrected chi connectivity index (χ0v) is 18.7. The monoisotopic (exact) mass is 452 g/mol. The van der Waals surface area contributed by atoms with Crippen LogP contribution < -0.4 is 0 Å². The molecule has 0 spiro atoms. The molecule has 0 saturated heterocycles. The lowest BCUT2D eigenvalue weighted by atomic mass is 9.44. The van der Waals surface area contributed by atoms with E-state index in [1.807, 2.05) is 0 Å². The van der Waals surface area contributed by atoms with Gasteiger partial charge in [-0.3, -0.25) is 14.4 Å². The van der Waals surface area contributed by atoms with Crippen LogP contribution in [0.2, 0.25) is 0 Å². The Balaban J connectivity index is 1.89. The number of halogens is 2. The van der Waals surface area contributed by atoms with Crippen LogP contribution in [-0.4, -0.2) is 57.9 Å². The fraction of sp³-hybridized carbons (Fsp3) is 0.708. The van der Waals surface area contributed by atoms with Gasteiger partial charge in [0.1, 0.15) is 12.8 Å². The summed E-state index contributed by atoms with van der Waals surface area (Å²) in [6.07, 6.45) is 0.273. The van der Waals surface area contributed by atoms with Gasteiger partial charge in [-0.15, -0.1) is 0 Å². The van der Waals surface area contributed by atoms with Gasteiger partial charge in [0.25, 0.3) is 0 Å². The Morgan fingerprint density at radius 2 is 1.91 bits per heavy atom. The minimum Gasteiger partial charge on any atom is -0.450 e. The van der Waals surface area contributed by atoms with Crippen LogP contribution in [0.15, 0.2) is 23.8 Å². The number of Topliss-reactive ketones (excluding diaryl/α,β-unsaturated/α-hetero) is 1. The number of aliphatic hydroxyl groups excluding tert-OH is 2. The van der Waals surface area contributed by atoms with Crippen LogP contribution in [-0.2, 0) is 19.1 Å². The topological polar surface area (TPSA) is 101 Å². The summed E-state index contributed by atoms with van der Waals surface area (Å²) in [5, 5.41) is 21.0. The van der Waals surface area contributed by atoms with Gasteiger partial charge in [-0.25, -0.2) is 8.78 Å². The van der Waals surface area contributed by atoms with Gasteiger partial charge in [0.15, 0.2) is 17.1 Å². The van der Waals surface area contributed by atoms with Crippen molar-refractivity contribution in [3.8, 4) is 0 Å². The van der Waals surface area contributed by atoms with Crippen LogP contribution in [0.5, 0.6) is 0 Å². The second-order valence-electron chi connectivity index (χ2n) is 10.4. The van der Waals surface area contributed by atoms with E-state index in [4.69, 9.17) is 4.74 Å². The molecule has 0 bridgehead atoms. The smallest absolute Gasteiger partial charge is 0.303 e. The number of allylic oxidation sites excluding steroid dienone is 4. The van der Waals surface area contributed by atoms with Crippen molar-refractivity contribution >= 4 is 17.5 Å². The van der Waals surface area contributed by atoms with Crippen LogP contribution >= 0.6 is 0 Å². The maximum atomic E-state index is 17.1. The first-order valence-electron chi connectivity index (χ1n) is 11.1. The highest BCUT2D eigenvalue weighted by molar-refractivity contribution is 6.01. The van der Waals surface area contributed by atoms with Crippen molar-refractivity contribution in [3.05, 3.63) is 23.8 Å². The van der Waals surface area contributed by atoms with Crippen LogP contribution in [0.1, 0.15) is 47.0 Å². The molecule has 4 rings (SSSR count). The molecule has 0 aliphatic heterocycles. The molecule has 4 aliphatic rings. The van der Waals surface area contributed by atoms with Gasteiger partial charge in [-0.2, -0.15) is 0 Å². The fourth-order valence-corrected chi connectivity index (χ4v) is 7.74. The molecular formula is C24H30F2O6. The summed E-state index contributed by atoms with van der Waals surface area (Å²) in [6, 6.07) is 0. The zero-order chi connectivity index (χ0) is 23.9. The van der Waals surface area contributed by atoms with Gasteiger partial charge >= 0.3 is 5.97 Å². The second kappa shape index (κ2) is 7.03. The molecule has 32 heavy (non-hydrogen) atoms. The molecule has 0 heterocycles. The van der Waals surface area contributed by atoms with E-state index in [0.29, 0.717) is 0 Å². The molecular weight excluding hydrogens is 422 g/mol. The average molecular weight is 452 g/mol. The number of hydrogen-bond acceptors (Lipinski definition) is 6. The third kappa shape index (κ3) is 2.54. The van der Waals surface area contributed by atoms with Crippen LogP contribution in [0.3, 0.4) is 0 Å². The van der Waals surface area contributed by atoms with Crippen molar-refractivity contribution in [1.82, 2.24) is 0 Å². The Morgan fingerprint density at radius 3 is 2.50 bits per heavy atom. The number of esters is 1. The van der Waals surface area contributed by atoms with E-state index >= 15 is 8.78 Å². The molecule has 0 amide bonds. The Bertz CT molecular complexity index is 945. The number of alkyl halides is 2. The van der Waals surface area contributed by atoms with E-state index in [0.717, 1.165) is 13.0 Å². The lowest BCUT2D eigenvalue weighted by molar-refractivity contribution is -0.231. The first kappa shape index (κ1) is 23.2.